The molecule has 0 aliphatic carbocycles. The van der Waals surface area contributed by atoms with E-state index in [2.05, 4.69) is 23.3 Å². The first-order chi connectivity index (χ1) is 7.85. The second kappa shape index (κ2) is 5.01. The van der Waals surface area contributed by atoms with Gasteiger partial charge in [-0.05, 0) is 18.1 Å². The summed E-state index contributed by atoms with van der Waals surface area (Å²) in [5.41, 5.74) is 2.61. The van der Waals surface area contributed by atoms with Gasteiger partial charge in [-0.25, -0.2) is 0 Å². The molecule has 0 amide bonds. The van der Waals surface area contributed by atoms with Crippen LogP contribution in [0.1, 0.15) is 18.1 Å². The minimum absolute atomic E-state index is 0.854. The summed E-state index contributed by atoms with van der Waals surface area (Å²) >= 11 is 0. The first-order valence-electron chi connectivity index (χ1n) is 5.77. The van der Waals surface area contributed by atoms with Gasteiger partial charge in [-0.3, -0.25) is 4.99 Å². The summed E-state index contributed by atoms with van der Waals surface area (Å²) in [5.74, 6) is 2.05. The van der Waals surface area contributed by atoms with Gasteiger partial charge in [0.15, 0.2) is 0 Å². The largest absolute Gasteiger partial charge is 0.496 e. The molecular formula is C13H18N2O. The molecule has 3 nitrogen and oxygen atoms in total. The van der Waals surface area contributed by atoms with E-state index in [0.717, 1.165) is 37.5 Å². The molecule has 0 radical (unpaired) electrons. The maximum Gasteiger partial charge on any atom is 0.122 e. The fourth-order valence-electron chi connectivity index (χ4n) is 2.07. The molecule has 2 rings (SSSR count). The van der Waals surface area contributed by atoms with Crippen molar-refractivity contribution in [3.8, 4) is 5.75 Å². The number of hydrogen-bond donors (Lipinski definition) is 1. The van der Waals surface area contributed by atoms with Crippen molar-refractivity contribution in [1.29, 1.82) is 0 Å². The number of amidine groups is 1. The number of ether oxygens (including phenoxy) is 1. The highest BCUT2D eigenvalue weighted by Gasteiger charge is 2.12. The Morgan fingerprint density at radius 1 is 1.44 bits per heavy atom. The van der Waals surface area contributed by atoms with Gasteiger partial charge in [0.1, 0.15) is 11.6 Å². The molecule has 0 atom stereocenters. The molecular weight excluding hydrogens is 200 g/mol. The highest BCUT2D eigenvalue weighted by Crippen LogP contribution is 2.23. The van der Waals surface area contributed by atoms with E-state index in [1.807, 2.05) is 12.1 Å². The van der Waals surface area contributed by atoms with Crippen LogP contribution in [0.3, 0.4) is 0 Å². The van der Waals surface area contributed by atoms with Crippen molar-refractivity contribution < 1.29 is 4.74 Å². The Morgan fingerprint density at radius 2 is 2.31 bits per heavy atom. The molecule has 0 spiro atoms. The Bertz CT molecular complexity index is 377. The molecule has 0 saturated heterocycles. The molecule has 1 aromatic rings. The number of benzene rings is 1. The molecule has 0 saturated carbocycles. The Morgan fingerprint density at radius 3 is 2.94 bits per heavy atom. The smallest absolute Gasteiger partial charge is 0.122 e. The molecule has 1 N–H and O–H groups in total. The summed E-state index contributed by atoms with van der Waals surface area (Å²) < 4.78 is 5.42. The van der Waals surface area contributed by atoms with Crippen LogP contribution >= 0.6 is 0 Å². The predicted molar refractivity (Wildman–Crippen MR) is 66.4 cm³/mol. The lowest BCUT2D eigenvalue weighted by Gasteiger charge is -2.13. The number of hydrogen-bond acceptors (Lipinski definition) is 3. The van der Waals surface area contributed by atoms with Gasteiger partial charge in [0.2, 0.25) is 0 Å². The maximum absolute atomic E-state index is 5.42. The van der Waals surface area contributed by atoms with Crippen LogP contribution in [-0.4, -0.2) is 26.0 Å². The summed E-state index contributed by atoms with van der Waals surface area (Å²) in [6, 6.07) is 6.22. The van der Waals surface area contributed by atoms with E-state index in [-0.39, 0.29) is 0 Å². The van der Waals surface area contributed by atoms with E-state index >= 15 is 0 Å². The van der Waals surface area contributed by atoms with Crippen LogP contribution < -0.4 is 10.1 Å². The average Bonchev–Trinajstić information content (AvgIpc) is 2.82. The lowest BCUT2D eigenvalue weighted by atomic mass is 10.0. The average molecular weight is 218 g/mol. The van der Waals surface area contributed by atoms with Gasteiger partial charge in [-0.1, -0.05) is 19.1 Å². The Hall–Kier alpha value is -1.51. The van der Waals surface area contributed by atoms with Crippen LogP contribution in [0.2, 0.25) is 0 Å². The van der Waals surface area contributed by atoms with Crippen LogP contribution in [0.5, 0.6) is 5.75 Å². The molecule has 1 heterocycles. The van der Waals surface area contributed by atoms with E-state index < -0.39 is 0 Å². The normalized spacial score (nSPS) is 14.5. The fourth-order valence-corrected chi connectivity index (χ4v) is 2.07. The van der Waals surface area contributed by atoms with Crippen molar-refractivity contribution in [2.75, 3.05) is 20.2 Å². The molecule has 0 unspecified atom stereocenters. The summed E-state index contributed by atoms with van der Waals surface area (Å²) in [6.07, 6.45) is 1.88. The quantitative estimate of drug-likeness (QED) is 0.836. The monoisotopic (exact) mass is 218 g/mol. The topological polar surface area (TPSA) is 33.6 Å². The van der Waals surface area contributed by atoms with Crippen molar-refractivity contribution in [1.82, 2.24) is 5.32 Å². The highest BCUT2D eigenvalue weighted by atomic mass is 16.5. The van der Waals surface area contributed by atoms with Gasteiger partial charge in [0, 0.05) is 18.5 Å². The molecule has 16 heavy (non-hydrogen) atoms. The Kier molecular flexibility index (Phi) is 3.44. The molecule has 1 aliphatic heterocycles. The zero-order valence-corrected chi connectivity index (χ0v) is 9.92. The highest BCUT2D eigenvalue weighted by molar-refractivity contribution is 5.86. The van der Waals surface area contributed by atoms with Crippen LogP contribution in [0, 0.1) is 0 Å². The summed E-state index contributed by atoms with van der Waals surface area (Å²) in [7, 11) is 1.72. The standard InChI is InChI=1S/C13H18N2O/c1-3-10-5-4-6-12(16-2)11(10)9-13-14-7-8-15-13/h4-6H,3,7-9H2,1-2H3,(H,14,15). The van der Waals surface area contributed by atoms with Crippen LogP contribution in [0.4, 0.5) is 0 Å². The van der Waals surface area contributed by atoms with Gasteiger partial charge < -0.3 is 10.1 Å². The lowest BCUT2D eigenvalue weighted by Crippen LogP contribution is -2.21. The van der Waals surface area contributed by atoms with Gasteiger partial charge >= 0.3 is 0 Å². The third-order valence-corrected chi connectivity index (χ3v) is 2.92. The van der Waals surface area contributed by atoms with E-state index in [1.165, 1.54) is 11.1 Å². The molecule has 1 aliphatic rings. The van der Waals surface area contributed by atoms with Gasteiger partial charge in [0.05, 0.1) is 13.7 Å². The second-order valence-electron chi connectivity index (χ2n) is 3.88. The number of aliphatic imine (C=N–C) groups is 1. The summed E-state index contributed by atoms with van der Waals surface area (Å²) in [4.78, 5) is 4.43. The van der Waals surface area contributed by atoms with Gasteiger partial charge in [-0.2, -0.15) is 0 Å². The second-order valence-corrected chi connectivity index (χ2v) is 3.88. The minimum atomic E-state index is 0.854. The number of methoxy groups -OCH3 is 1. The van der Waals surface area contributed by atoms with E-state index in [1.54, 1.807) is 7.11 Å². The van der Waals surface area contributed by atoms with Gasteiger partial charge in [-0.15, -0.1) is 0 Å². The van der Waals surface area contributed by atoms with Crippen molar-refractivity contribution in [2.45, 2.75) is 19.8 Å². The Labute approximate surface area is 96.5 Å². The number of aryl methyl sites for hydroxylation is 1. The van der Waals surface area contributed by atoms with Crippen molar-refractivity contribution >= 4 is 5.84 Å². The zero-order chi connectivity index (χ0) is 11.4. The van der Waals surface area contributed by atoms with E-state index in [0.29, 0.717) is 0 Å². The van der Waals surface area contributed by atoms with E-state index in [4.69, 9.17) is 4.74 Å². The van der Waals surface area contributed by atoms with Crippen molar-refractivity contribution in [3.63, 3.8) is 0 Å². The Balaban J connectivity index is 2.28. The SMILES string of the molecule is CCc1cccc(OC)c1CC1=NCCN1. The third-order valence-electron chi connectivity index (χ3n) is 2.92. The molecule has 1 aromatic carbocycles. The number of nitrogens with one attached hydrogen (secondary N) is 1. The maximum atomic E-state index is 5.42. The third kappa shape index (κ3) is 2.18. The van der Waals surface area contributed by atoms with Crippen LogP contribution in [0.25, 0.3) is 0 Å². The first kappa shape index (κ1) is 11.0. The van der Waals surface area contributed by atoms with Crippen molar-refractivity contribution in [2.24, 2.45) is 4.99 Å². The summed E-state index contributed by atoms with van der Waals surface area (Å²) in [5, 5.41) is 3.30. The number of rotatable bonds is 4. The number of nitrogens with zero attached hydrogens (tertiary/aromatic N) is 1. The lowest BCUT2D eigenvalue weighted by molar-refractivity contribution is 0.410. The van der Waals surface area contributed by atoms with Gasteiger partial charge in [0.25, 0.3) is 0 Å². The molecule has 0 bridgehead atoms. The predicted octanol–water partition coefficient (Wildman–Crippen LogP) is 1.80. The fraction of sp³-hybridized carbons (Fsp3) is 0.462. The van der Waals surface area contributed by atoms with Crippen LogP contribution in [0.15, 0.2) is 23.2 Å². The minimum Gasteiger partial charge on any atom is -0.496 e. The molecule has 0 fully saturated rings. The molecule has 0 aromatic heterocycles. The molecule has 3 heteroatoms. The zero-order valence-electron chi connectivity index (χ0n) is 9.92. The van der Waals surface area contributed by atoms with Crippen molar-refractivity contribution in [3.05, 3.63) is 29.3 Å². The van der Waals surface area contributed by atoms with Crippen LogP contribution in [-0.2, 0) is 12.8 Å². The molecule has 86 valence electrons. The van der Waals surface area contributed by atoms with E-state index in [9.17, 15) is 0 Å². The summed E-state index contributed by atoms with van der Waals surface area (Å²) in [6.45, 7) is 4.03. The first-order valence-corrected chi connectivity index (χ1v) is 5.77.